The third-order valence-corrected chi connectivity index (χ3v) is 6.06. The number of nitrogens with one attached hydrogen (secondary N) is 1. The van der Waals surface area contributed by atoms with E-state index < -0.39 is 0 Å². The molecule has 1 saturated carbocycles. The Kier molecular flexibility index (Phi) is 6.16. The van der Waals surface area contributed by atoms with Crippen LogP contribution >= 0.6 is 11.6 Å². The van der Waals surface area contributed by atoms with E-state index in [4.69, 9.17) is 11.6 Å². The minimum absolute atomic E-state index is 0.107. The number of para-hydroxylation sites is 1. The Balaban J connectivity index is 1.36. The van der Waals surface area contributed by atoms with Crippen LogP contribution < -0.4 is 15.8 Å². The summed E-state index contributed by atoms with van der Waals surface area (Å²) in [6, 6.07) is 9.59. The second-order valence-electron chi connectivity index (χ2n) is 7.71. The molecule has 2 heterocycles. The number of piperazine rings is 1. The van der Waals surface area contributed by atoms with Crippen molar-refractivity contribution < 1.29 is 4.79 Å². The number of hydrogen-bond acceptors (Lipinski definition) is 5. The molecule has 0 bridgehead atoms. The van der Waals surface area contributed by atoms with Gasteiger partial charge in [-0.15, -0.1) is 0 Å². The quantitative estimate of drug-likeness (QED) is 0.809. The predicted octanol–water partition coefficient (Wildman–Crippen LogP) is 2.07. The molecular weight excluding hydrogens is 390 g/mol. The number of anilines is 1. The van der Waals surface area contributed by atoms with Crippen molar-refractivity contribution >= 4 is 23.2 Å². The summed E-state index contributed by atoms with van der Waals surface area (Å²) in [6.45, 7) is 3.32. The van der Waals surface area contributed by atoms with Crippen molar-refractivity contribution in [3.05, 3.63) is 51.9 Å². The highest BCUT2D eigenvalue weighted by molar-refractivity contribution is 6.33. The van der Waals surface area contributed by atoms with Gasteiger partial charge in [-0.3, -0.25) is 14.5 Å². The Hall–Kier alpha value is -2.38. The van der Waals surface area contributed by atoms with Gasteiger partial charge < -0.3 is 10.2 Å². The molecule has 29 heavy (non-hydrogen) atoms. The van der Waals surface area contributed by atoms with Crippen LogP contribution in [0.5, 0.6) is 0 Å². The fraction of sp³-hybridized carbons (Fsp3) is 0.476. The van der Waals surface area contributed by atoms with Gasteiger partial charge in [-0.1, -0.05) is 42.6 Å². The van der Waals surface area contributed by atoms with Crippen molar-refractivity contribution in [1.82, 2.24) is 20.0 Å². The Bertz CT molecular complexity index is 903. The topological polar surface area (TPSA) is 70.5 Å². The number of aromatic nitrogens is 2. The largest absolute Gasteiger partial charge is 0.366 e. The summed E-state index contributed by atoms with van der Waals surface area (Å²) in [4.78, 5) is 29.1. The summed E-state index contributed by atoms with van der Waals surface area (Å²) in [6.07, 6.45) is 6.27. The zero-order valence-electron chi connectivity index (χ0n) is 16.4. The molecule has 1 aliphatic heterocycles. The van der Waals surface area contributed by atoms with Gasteiger partial charge in [0.05, 0.1) is 24.1 Å². The monoisotopic (exact) mass is 415 g/mol. The van der Waals surface area contributed by atoms with Crippen LogP contribution in [0.2, 0.25) is 5.02 Å². The lowest BCUT2D eigenvalue weighted by Crippen LogP contribution is -2.50. The molecule has 2 aromatic rings. The number of hydrogen-bond donors (Lipinski definition) is 1. The van der Waals surface area contributed by atoms with E-state index >= 15 is 0 Å². The van der Waals surface area contributed by atoms with Gasteiger partial charge in [0, 0.05) is 32.2 Å². The highest BCUT2D eigenvalue weighted by atomic mass is 35.5. The molecule has 1 aliphatic carbocycles. The summed E-state index contributed by atoms with van der Waals surface area (Å²) in [7, 11) is 0. The van der Waals surface area contributed by atoms with E-state index in [1.54, 1.807) is 6.20 Å². The van der Waals surface area contributed by atoms with Crippen molar-refractivity contribution in [2.24, 2.45) is 0 Å². The van der Waals surface area contributed by atoms with Crippen LogP contribution in [0.25, 0.3) is 5.69 Å². The minimum atomic E-state index is -0.325. The third-order valence-electron chi connectivity index (χ3n) is 5.70. The molecule has 1 N–H and O–H groups in total. The van der Waals surface area contributed by atoms with Gasteiger partial charge in [-0.2, -0.15) is 9.78 Å². The molecule has 4 rings (SSSR count). The zero-order valence-corrected chi connectivity index (χ0v) is 17.1. The summed E-state index contributed by atoms with van der Waals surface area (Å²) in [5.41, 5.74) is 1.01. The molecule has 0 radical (unpaired) electrons. The molecule has 7 nitrogen and oxygen atoms in total. The van der Waals surface area contributed by atoms with E-state index in [2.05, 4.69) is 20.2 Å². The smallest absolute Gasteiger partial charge is 0.292 e. The Morgan fingerprint density at radius 3 is 2.48 bits per heavy atom. The van der Waals surface area contributed by atoms with E-state index in [0.29, 0.717) is 37.1 Å². The van der Waals surface area contributed by atoms with Gasteiger partial charge in [0.15, 0.2) is 0 Å². The molecule has 0 atom stereocenters. The lowest BCUT2D eigenvalue weighted by atomic mass is 10.2. The number of carbonyl (C=O) groups is 1. The van der Waals surface area contributed by atoms with Gasteiger partial charge >= 0.3 is 0 Å². The fourth-order valence-electron chi connectivity index (χ4n) is 4.09. The molecule has 1 saturated heterocycles. The van der Waals surface area contributed by atoms with E-state index in [1.165, 1.54) is 17.5 Å². The van der Waals surface area contributed by atoms with Crippen molar-refractivity contribution in [3.63, 3.8) is 0 Å². The zero-order chi connectivity index (χ0) is 20.2. The van der Waals surface area contributed by atoms with Crippen LogP contribution in [0.1, 0.15) is 25.7 Å². The average molecular weight is 416 g/mol. The number of halogens is 1. The molecule has 0 spiro atoms. The lowest BCUT2D eigenvalue weighted by molar-refractivity contribution is -0.123. The lowest BCUT2D eigenvalue weighted by Gasteiger charge is -2.36. The van der Waals surface area contributed by atoms with Crippen molar-refractivity contribution in [2.75, 3.05) is 37.6 Å². The molecule has 1 aromatic carbocycles. The summed E-state index contributed by atoms with van der Waals surface area (Å²) < 4.78 is 1.31. The first-order valence-corrected chi connectivity index (χ1v) is 10.6. The maximum Gasteiger partial charge on any atom is 0.292 e. The number of benzene rings is 1. The summed E-state index contributed by atoms with van der Waals surface area (Å²) in [5.74, 6) is 0.107. The number of carbonyl (C=O) groups excluding carboxylic acids is 1. The van der Waals surface area contributed by atoms with Crippen LogP contribution in [-0.4, -0.2) is 59.4 Å². The van der Waals surface area contributed by atoms with Crippen LogP contribution in [0.15, 0.2) is 41.3 Å². The molecule has 8 heteroatoms. The highest BCUT2D eigenvalue weighted by Crippen LogP contribution is 2.23. The van der Waals surface area contributed by atoms with Gasteiger partial charge in [-0.25, -0.2) is 0 Å². The van der Waals surface area contributed by atoms with Crippen molar-refractivity contribution in [3.8, 4) is 5.69 Å². The van der Waals surface area contributed by atoms with Gasteiger partial charge in [0.1, 0.15) is 5.02 Å². The predicted molar refractivity (Wildman–Crippen MR) is 114 cm³/mol. The maximum atomic E-state index is 12.7. The molecule has 154 valence electrons. The first-order chi connectivity index (χ1) is 14.1. The van der Waals surface area contributed by atoms with Crippen molar-refractivity contribution in [1.29, 1.82) is 0 Å². The normalized spacial score (nSPS) is 18.2. The van der Waals surface area contributed by atoms with Crippen LogP contribution in [-0.2, 0) is 4.79 Å². The number of rotatable bonds is 5. The van der Waals surface area contributed by atoms with Gasteiger partial charge in [0.2, 0.25) is 5.91 Å². The molecule has 2 fully saturated rings. The highest BCUT2D eigenvalue weighted by Gasteiger charge is 2.24. The number of nitrogens with zero attached hydrogens (tertiary/aromatic N) is 4. The summed E-state index contributed by atoms with van der Waals surface area (Å²) in [5, 5.41) is 7.62. The summed E-state index contributed by atoms with van der Waals surface area (Å²) >= 11 is 6.40. The van der Waals surface area contributed by atoms with E-state index in [0.717, 1.165) is 25.9 Å². The Morgan fingerprint density at radius 1 is 1.10 bits per heavy atom. The van der Waals surface area contributed by atoms with E-state index in [9.17, 15) is 9.59 Å². The Morgan fingerprint density at radius 2 is 1.79 bits per heavy atom. The Labute approximate surface area is 175 Å². The molecule has 0 unspecified atom stereocenters. The first-order valence-electron chi connectivity index (χ1n) is 10.2. The van der Waals surface area contributed by atoms with E-state index in [-0.39, 0.29) is 16.5 Å². The van der Waals surface area contributed by atoms with Crippen molar-refractivity contribution in [2.45, 2.75) is 31.7 Å². The van der Waals surface area contributed by atoms with Gasteiger partial charge in [-0.05, 0) is 25.0 Å². The van der Waals surface area contributed by atoms with E-state index in [1.807, 2.05) is 30.3 Å². The SMILES string of the molecule is O=C(CN1CCN(c2cnn(-c3ccccc3)c(=O)c2Cl)CC1)NC1CCCC1. The number of amides is 1. The van der Waals surface area contributed by atoms with Crippen LogP contribution in [0, 0.1) is 0 Å². The molecule has 2 aliphatic rings. The minimum Gasteiger partial charge on any atom is -0.366 e. The third kappa shape index (κ3) is 4.62. The second-order valence-corrected chi connectivity index (χ2v) is 8.09. The molecule has 1 amide bonds. The van der Waals surface area contributed by atoms with Crippen LogP contribution in [0.4, 0.5) is 5.69 Å². The first kappa shape index (κ1) is 19.9. The second kappa shape index (κ2) is 8.97. The fourth-order valence-corrected chi connectivity index (χ4v) is 4.34. The van der Waals surface area contributed by atoms with Gasteiger partial charge in [0.25, 0.3) is 5.56 Å². The van der Waals surface area contributed by atoms with Crippen LogP contribution in [0.3, 0.4) is 0 Å². The maximum absolute atomic E-state index is 12.7. The standard InChI is InChI=1S/C21H26ClN5O2/c22-20-18(14-23-27(21(20)29)17-8-2-1-3-9-17)26-12-10-25(11-13-26)15-19(28)24-16-6-4-5-7-16/h1-3,8-9,14,16H,4-7,10-13,15H2,(H,24,28). The molecule has 1 aromatic heterocycles. The molecular formula is C21H26ClN5O2. The average Bonchev–Trinajstić information content (AvgIpc) is 3.24.